The minimum Gasteiger partial charge on any atom is -0.484 e. The van der Waals surface area contributed by atoms with E-state index in [1.807, 2.05) is 12.1 Å². The summed E-state index contributed by atoms with van der Waals surface area (Å²) in [6, 6.07) is 24.7. The fraction of sp³-hybridized carbons (Fsp3) is 0.242. The van der Waals surface area contributed by atoms with Gasteiger partial charge in [-0.05, 0) is 59.7 Å². The van der Waals surface area contributed by atoms with Crippen LogP contribution in [0.5, 0.6) is 5.75 Å². The molecule has 1 unspecified atom stereocenters. The number of morpholine rings is 1. The van der Waals surface area contributed by atoms with Gasteiger partial charge in [0.2, 0.25) is 15.9 Å². The van der Waals surface area contributed by atoms with Gasteiger partial charge in [0.1, 0.15) is 17.6 Å². The van der Waals surface area contributed by atoms with Crippen molar-refractivity contribution in [2.75, 3.05) is 32.9 Å². The first kappa shape index (κ1) is 31.8. The number of nitrogens with one attached hydrogen (secondary N) is 1. The van der Waals surface area contributed by atoms with Crippen LogP contribution in [0, 0.1) is 5.82 Å². The molecule has 2 amide bonds. The van der Waals surface area contributed by atoms with Crippen molar-refractivity contribution in [1.82, 2.24) is 19.5 Å². The fourth-order valence-corrected chi connectivity index (χ4v) is 6.28. The van der Waals surface area contributed by atoms with Crippen LogP contribution in [-0.4, -0.2) is 67.3 Å². The lowest BCUT2D eigenvalue weighted by molar-refractivity contribution is -0.143. The van der Waals surface area contributed by atoms with Crippen molar-refractivity contribution >= 4 is 21.8 Å². The molecular weight excluding hydrogens is 599 g/mol. The van der Waals surface area contributed by atoms with Crippen LogP contribution in [0.4, 0.5) is 4.39 Å². The summed E-state index contributed by atoms with van der Waals surface area (Å²) in [4.78, 5) is 33.3. The summed E-state index contributed by atoms with van der Waals surface area (Å²) in [5, 5.41) is 2.88. The first-order valence-corrected chi connectivity index (χ1v) is 15.8. The van der Waals surface area contributed by atoms with Crippen LogP contribution in [0.1, 0.15) is 22.9 Å². The second-order valence-electron chi connectivity index (χ2n) is 10.3. The lowest BCUT2D eigenvalue weighted by atomic mass is 10.0. The zero-order valence-corrected chi connectivity index (χ0v) is 25.2. The van der Waals surface area contributed by atoms with Crippen molar-refractivity contribution in [2.45, 2.75) is 24.0 Å². The van der Waals surface area contributed by atoms with Gasteiger partial charge in [-0.1, -0.05) is 48.5 Å². The van der Waals surface area contributed by atoms with Gasteiger partial charge in [0.05, 0.1) is 30.3 Å². The molecular formula is C33H33FN4O6S. The third kappa shape index (κ3) is 8.29. The monoisotopic (exact) mass is 632 g/mol. The van der Waals surface area contributed by atoms with E-state index in [1.54, 1.807) is 54.7 Å². The van der Waals surface area contributed by atoms with E-state index in [9.17, 15) is 22.4 Å². The maximum atomic E-state index is 13.8. The minimum absolute atomic E-state index is 0.00419. The Hall–Kier alpha value is -4.65. The highest BCUT2D eigenvalue weighted by Gasteiger charge is 2.32. The molecule has 1 saturated heterocycles. The highest BCUT2D eigenvalue weighted by atomic mass is 32.2. The summed E-state index contributed by atoms with van der Waals surface area (Å²) in [5.41, 5.74) is 1.83. The highest BCUT2D eigenvalue weighted by Crippen LogP contribution is 2.25. The van der Waals surface area contributed by atoms with Crippen molar-refractivity contribution in [2.24, 2.45) is 0 Å². The average molecular weight is 633 g/mol. The number of amides is 2. The molecule has 45 heavy (non-hydrogen) atoms. The average Bonchev–Trinajstić information content (AvgIpc) is 3.08. The number of hydrogen-bond donors (Lipinski definition) is 1. The lowest BCUT2D eigenvalue weighted by Crippen LogP contribution is -2.45. The largest absolute Gasteiger partial charge is 0.484 e. The number of carbonyl (C=O) groups excluding carboxylic acids is 2. The van der Waals surface area contributed by atoms with Crippen molar-refractivity contribution in [1.29, 1.82) is 0 Å². The second kappa shape index (κ2) is 14.9. The van der Waals surface area contributed by atoms with E-state index in [2.05, 4.69) is 10.3 Å². The Morgan fingerprint density at radius 3 is 2.29 bits per heavy atom. The molecule has 5 rings (SSSR count). The summed E-state index contributed by atoms with van der Waals surface area (Å²) in [5.74, 6) is -1.08. The molecule has 1 atom stereocenters. The normalized spacial score (nSPS) is 14.3. The zero-order valence-electron chi connectivity index (χ0n) is 24.4. The van der Waals surface area contributed by atoms with E-state index >= 15 is 0 Å². The number of hydrogen-bond acceptors (Lipinski definition) is 7. The van der Waals surface area contributed by atoms with Gasteiger partial charge >= 0.3 is 0 Å². The second-order valence-corrected chi connectivity index (χ2v) is 12.2. The van der Waals surface area contributed by atoms with Gasteiger partial charge in [0.25, 0.3) is 5.91 Å². The topological polar surface area (TPSA) is 118 Å². The zero-order chi connectivity index (χ0) is 31.6. The highest BCUT2D eigenvalue weighted by molar-refractivity contribution is 7.89. The van der Waals surface area contributed by atoms with Crippen molar-refractivity contribution < 1.29 is 31.9 Å². The predicted octanol–water partition coefficient (Wildman–Crippen LogP) is 3.71. The van der Waals surface area contributed by atoms with Crippen LogP contribution in [0.25, 0.3) is 0 Å². The summed E-state index contributed by atoms with van der Waals surface area (Å²) in [7, 11) is -3.69. The quantitative estimate of drug-likeness (QED) is 0.253. The Balaban J connectivity index is 1.36. The number of rotatable bonds is 12. The van der Waals surface area contributed by atoms with Gasteiger partial charge in [-0.15, -0.1) is 0 Å². The third-order valence-electron chi connectivity index (χ3n) is 7.23. The van der Waals surface area contributed by atoms with Crippen LogP contribution in [0.3, 0.4) is 0 Å². The van der Waals surface area contributed by atoms with Gasteiger partial charge in [-0.3, -0.25) is 14.6 Å². The van der Waals surface area contributed by atoms with Crippen molar-refractivity contribution in [3.8, 4) is 5.75 Å². The van der Waals surface area contributed by atoms with E-state index in [0.29, 0.717) is 30.0 Å². The Kier molecular flexibility index (Phi) is 10.5. The summed E-state index contributed by atoms with van der Waals surface area (Å²) >= 11 is 0. The Morgan fingerprint density at radius 2 is 1.62 bits per heavy atom. The van der Waals surface area contributed by atoms with Gasteiger partial charge < -0.3 is 19.7 Å². The molecule has 0 bridgehead atoms. The Labute approximate surface area is 261 Å². The molecule has 1 N–H and O–H groups in total. The van der Waals surface area contributed by atoms with Crippen LogP contribution in [0.15, 0.2) is 108 Å². The molecule has 1 aromatic heterocycles. The Bertz CT molecular complexity index is 1670. The van der Waals surface area contributed by atoms with Crippen molar-refractivity contribution in [3.63, 3.8) is 0 Å². The van der Waals surface area contributed by atoms with E-state index in [4.69, 9.17) is 9.47 Å². The van der Waals surface area contributed by atoms with Gasteiger partial charge in [0.15, 0.2) is 6.61 Å². The molecule has 4 aromatic rings. The lowest BCUT2D eigenvalue weighted by Gasteiger charge is -2.31. The summed E-state index contributed by atoms with van der Waals surface area (Å²) in [6.45, 7) is 0.930. The summed E-state index contributed by atoms with van der Waals surface area (Å²) in [6.07, 6.45) is 1.63. The molecule has 12 heteroatoms. The number of aromatic nitrogens is 1. The van der Waals surface area contributed by atoms with Crippen LogP contribution >= 0.6 is 0 Å². The predicted molar refractivity (Wildman–Crippen MR) is 164 cm³/mol. The van der Waals surface area contributed by atoms with Crippen LogP contribution in [0.2, 0.25) is 0 Å². The molecule has 0 spiro atoms. The SMILES string of the molecule is O=C(NCc1ccccn1)C(c1ccccc1)N(Cc1ccc(F)cc1)C(=O)COc1ccc(S(=O)(=O)N2CCOCC2)cc1. The molecule has 2 heterocycles. The number of benzene rings is 3. The first-order chi connectivity index (χ1) is 21.8. The molecule has 0 radical (unpaired) electrons. The standard InChI is InChI=1S/C33H33FN4O6S/c34-27-11-9-25(10-12-27)23-38(32(26-6-2-1-3-7-26)33(40)36-22-28-8-4-5-17-35-28)31(39)24-44-29-13-15-30(16-14-29)45(41,42)37-18-20-43-21-19-37/h1-17,32H,18-24H2,(H,36,40). The molecule has 0 aliphatic carbocycles. The number of halogens is 1. The molecule has 1 fully saturated rings. The number of sulfonamides is 1. The maximum absolute atomic E-state index is 13.8. The van der Waals surface area contributed by atoms with Gasteiger partial charge in [0, 0.05) is 25.8 Å². The van der Waals surface area contributed by atoms with Gasteiger partial charge in [-0.25, -0.2) is 12.8 Å². The number of carbonyl (C=O) groups is 2. The fourth-order valence-electron chi connectivity index (χ4n) is 4.87. The molecule has 1 aliphatic heterocycles. The van der Waals surface area contributed by atoms with E-state index in [-0.39, 0.29) is 36.8 Å². The number of nitrogens with zero attached hydrogens (tertiary/aromatic N) is 3. The maximum Gasteiger partial charge on any atom is 0.261 e. The van der Waals surface area contributed by atoms with E-state index < -0.39 is 40.3 Å². The molecule has 234 valence electrons. The molecule has 0 saturated carbocycles. The molecule has 10 nitrogen and oxygen atoms in total. The third-order valence-corrected chi connectivity index (χ3v) is 9.14. The van der Waals surface area contributed by atoms with Crippen molar-refractivity contribution in [3.05, 3.63) is 126 Å². The molecule has 1 aliphatic rings. The van der Waals surface area contributed by atoms with Gasteiger partial charge in [-0.2, -0.15) is 4.31 Å². The number of ether oxygens (including phenoxy) is 2. The summed E-state index contributed by atoms with van der Waals surface area (Å²) < 4.78 is 52.0. The minimum atomic E-state index is -3.69. The van der Waals surface area contributed by atoms with Crippen LogP contribution < -0.4 is 10.1 Å². The van der Waals surface area contributed by atoms with E-state index in [1.165, 1.54) is 45.6 Å². The van der Waals surface area contributed by atoms with Crippen LogP contribution in [-0.2, 0) is 37.4 Å². The molecule has 3 aromatic carbocycles. The Morgan fingerprint density at radius 1 is 0.933 bits per heavy atom. The first-order valence-electron chi connectivity index (χ1n) is 14.4. The van der Waals surface area contributed by atoms with E-state index in [0.717, 1.165) is 0 Å². The smallest absolute Gasteiger partial charge is 0.261 e. The number of pyridine rings is 1.